The van der Waals surface area contributed by atoms with Crippen LogP contribution in [0.25, 0.3) is 0 Å². The first-order chi connectivity index (χ1) is 7.63. The molecule has 0 unspecified atom stereocenters. The van der Waals surface area contributed by atoms with Crippen LogP contribution in [-0.4, -0.2) is 35.3 Å². The minimum absolute atomic E-state index is 0.293. The fourth-order valence-corrected chi connectivity index (χ4v) is 2.33. The van der Waals surface area contributed by atoms with Crippen LogP contribution >= 0.6 is 0 Å². The van der Waals surface area contributed by atoms with Crippen molar-refractivity contribution in [1.29, 1.82) is 0 Å². The molecule has 0 aliphatic carbocycles. The smallest absolute Gasteiger partial charge is 0.115 e. The molecule has 0 amide bonds. The quantitative estimate of drug-likeness (QED) is 0.829. The number of ether oxygens (including phenoxy) is 1. The molecule has 1 aromatic rings. The van der Waals surface area contributed by atoms with Gasteiger partial charge in [-0.1, -0.05) is 12.1 Å². The van der Waals surface area contributed by atoms with Crippen molar-refractivity contribution in [3.05, 3.63) is 29.8 Å². The second-order valence-corrected chi connectivity index (χ2v) is 4.62. The molecular weight excluding hydrogens is 202 g/mol. The van der Waals surface area contributed by atoms with E-state index in [-0.39, 0.29) is 0 Å². The van der Waals surface area contributed by atoms with Crippen LogP contribution in [0.3, 0.4) is 0 Å². The first-order valence-electron chi connectivity index (χ1n) is 5.79. The summed E-state index contributed by atoms with van der Waals surface area (Å²) in [5, 5.41) is 9.40. The van der Waals surface area contributed by atoms with Gasteiger partial charge in [0.2, 0.25) is 0 Å². The summed E-state index contributed by atoms with van der Waals surface area (Å²) in [6.45, 7) is 7.00. The van der Waals surface area contributed by atoms with Gasteiger partial charge in [-0.15, -0.1) is 0 Å². The second kappa shape index (κ2) is 4.85. The zero-order valence-corrected chi connectivity index (χ0v) is 9.89. The summed E-state index contributed by atoms with van der Waals surface area (Å²) in [5.74, 6) is 0.340. The van der Waals surface area contributed by atoms with Crippen molar-refractivity contribution in [2.75, 3.05) is 13.1 Å². The molecule has 3 heteroatoms. The third-order valence-corrected chi connectivity index (χ3v) is 2.81. The van der Waals surface area contributed by atoms with Gasteiger partial charge in [-0.05, 0) is 31.5 Å². The van der Waals surface area contributed by atoms with Crippen LogP contribution in [0.5, 0.6) is 5.75 Å². The lowest BCUT2D eigenvalue weighted by Gasteiger charge is -2.35. The van der Waals surface area contributed by atoms with Crippen molar-refractivity contribution in [2.45, 2.75) is 32.6 Å². The maximum Gasteiger partial charge on any atom is 0.115 e. The van der Waals surface area contributed by atoms with Gasteiger partial charge in [0.25, 0.3) is 0 Å². The average molecular weight is 221 g/mol. The molecule has 2 rings (SSSR count). The van der Waals surface area contributed by atoms with E-state index in [4.69, 9.17) is 4.74 Å². The third-order valence-electron chi connectivity index (χ3n) is 2.81. The molecule has 2 atom stereocenters. The van der Waals surface area contributed by atoms with E-state index < -0.39 is 0 Å². The third kappa shape index (κ3) is 2.97. The number of nitrogens with zero attached hydrogens (tertiary/aromatic N) is 1. The van der Waals surface area contributed by atoms with E-state index in [1.807, 2.05) is 18.2 Å². The molecule has 0 saturated carbocycles. The molecule has 0 spiro atoms. The maximum atomic E-state index is 9.40. The zero-order valence-electron chi connectivity index (χ0n) is 9.89. The van der Waals surface area contributed by atoms with E-state index >= 15 is 0 Å². The summed E-state index contributed by atoms with van der Waals surface area (Å²) in [4.78, 5) is 2.37. The Hall–Kier alpha value is -1.06. The minimum atomic E-state index is 0.293. The Balaban J connectivity index is 1.98. The normalized spacial score (nSPS) is 26.9. The summed E-state index contributed by atoms with van der Waals surface area (Å²) < 4.78 is 5.69. The Labute approximate surface area is 96.6 Å². The molecule has 0 aromatic heterocycles. The summed E-state index contributed by atoms with van der Waals surface area (Å²) >= 11 is 0. The topological polar surface area (TPSA) is 32.7 Å². The lowest BCUT2D eigenvalue weighted by atomic mass is 10.1. The Morgan fingerprint density at radius 2 is 2.00 bits per heavy atom. The van der Waals surface area contributed by atoms with Crippen molar-refractivity contribution in [3.8, 4) is 5.75 Å². The molecule has 1 aliphatic rings. The van der Waals surface area contributed by atoms with Crippen LogP contribution in [0, 0.1) is 0 Å². The molecular formula is C13H19NO2. The molecule has 1 aromatic carbocycles. The van der Waals surface area contributed by atoms with Gasteiger partial charge in [-0.3, -0.25) is 4.90 Å². The number of hydrogen-bond acceptors (Lipinski definition) is 3. The number of phenolic OH excluding ortho intramolecular Hbond substituents is 1. The Bertz CT molecular complexity index is 344. The number of benzene rings is 1. The van der Waals surface area contributed by atoms with Crippen molar-refractivity contribution < 1.29 is 9.84 Å². The first-order valence-corrected chi connectivity index (χ1v) is 5.79. The van der Waals surface area contributed by atoms with Crippen molar-refractivity contribution in [2.24, 2.45) is 0 Å². The molecule has 3 nitrogen and oxygen atoms in total. The van der Waals surface area contributed by atoms with E-state index in [1.54, 1.807) is 6.07 Å². The van der Waals surface area contributed by atoms with Crippen LogP contribution < -0.4 is 0 Å². The highest BCUT2D eigenvalue weighted by atomic mass is 16.5. The van der Waals surface area contributed by atoms with E-state index in [0.717, 1.165) is 25.2 Å². The average Bonchev–Trinajstić information content (AvgIpc) is 2.15. The number of rotatable bonds is 2. The van der Waals surface area contributed by atoms with Gasteiger partial charge in [0.05, 0.1) is 12.2 Å². The molecule has 88 valence electrons. The van der Waals surface area contributed by atoms with Crippen LogP contribution in [-0.2, 0) is 11.3 Å². The summed E-state index contributed by atoms with van der Waals surface area (Å²) in [6.07, 6.45) is 0.585. The van der Waals surface area contributed by atoms with Gasteiger partial charge in [-0.25, -0.2) is 0 Å². The lowest BCUT2D eigenvalue weighted by Crippen LogP contribution is -2.44. The molecule has 1 saturated heterocycles. The molecule has 0 bridgehead atoms. The Morgan fingerprint density at radius 1 is 1.31 bits per heavy atom. The van der Waals surface area contributed by atoms with Gasteiger partial charge in [0, 0.05) is 19.6 Å². The molecule has 1 N–H and O–H groups in total. The molecule has 16 heavy (non-hydrogen) atoms. The van der Waals surface area contributed by atoms with Gasteiger partial charge in [0.15, 0.2) is 0 Å². The van der Waals surface area contributed by atoms with Crippen molar-refractivity contribution >= 4 is 0 Å². The monoisotopic (exact) mass is 221 g/mol. The van der Waals surface area contributed by atoms with Gasteiger partial charge in [0.1, 0.15) is 5.75 Å². The largest absolute Gasteiger partial charge is 0.508 e. The number of hydrogen-bond donors (Lipinski definition) is 1. The number of aromatic hydroxyl groups is 1. The zero-order chi connectivity index (χ0) is 11.5. The van der Waals surface area contributed by atoms with E-state index in [0.29, 0.717) is 18.0 Å². The highest BCUT2D eigenvalue weighted by Crippen LogP contribution is 2.16. The van der Waals surface area contributed by atoms with Gasteiger partial charge in [-0.2, -0.15) is 0 Å². The minimum Gasteiger partial charge on any atom is -0.508 e. The van der Waals surface area contributed by atoms with Crippen LogP contribution in [0.1, 0.15) is 19.4 Å². The highest BCUT2D eigenvalue weighted by molar-refractivity contribution is 5.27. The fraction of sp³-hybridized carbons (Fsp3) is 0.538. The van der Waals surface area contributed by atoms with Gasteiger partial charge >= 0.3 is 0 Å². The van der Waals surface area contributed by atoms with E-state index in [1.165, 1.54) is 0 Å². The first kappa shape index (κ1) is 11.4. The lowest BCUT2D eigenvalue weighted by molar-refractivity contribution is -0.0704. The molecule has 1 fully saturated rings. The van der Waals surface area contributed by atoms with Gasteiger partial charge < -0.3 is 9.84 Å². The fourth-order valence-electron chi connectivity index (χ4n) is 2.33. The summed E-state index contributed by atoms with van der Waals surface area (Å²) in [5.41, 5.74) is 1.15. The number of phenols is 1. The van der Waals surface area contributed by atoms with E-state index in [9.17, 15) is 5.11 Å². The van der Waals surface area contributed by atoms with Crippen LogP contribution in [0.15, 0.2) is 24.3 Å². The van der Waals surface area contributed by atoms with Crippen molar-refractivity contribution in [1.82, 2.24) is 4.90 Å². The predicted octanol–water partition coefficient (Wildman–Crippen LogP) is 2.00. The Morgan fingerprint density at radius 3 is 2.62 bits per heavy atom. The highest BCUT2D eigenvalue weighted by Gasteiger charge is 2.21. The maximum absolute atomic E-state index is 9.40. The SMILES string of the molecule is C[C@@H]1CN(Cc2cccc(O)c2)C[C@H](C)O1. The van der Waals surface area contributed by atoms with Crippen LogP contribution in [0.2, 0.25) is 0 Å². The number of morpholine rings is 1. The summed E-state index contributed by atoms with van der Waals surface area (Å²) in [7, 11) is 0. The van der Waals surface area contributed by atoms with E-state index in [2.05, 4.69) is 18.7 Å². The summed E-state index contributed by atoms with van der Waals surface area (Å²) in [6, 6.07) is 7.46. The van der Waals surface area contributed by atoms with Crippen molar-refractivity contribution in [3.63, 3.8) is 0 Å². The molecule has 0 radical (unpaired) electrons. The Kier molecular flexibility index (Phi) is 3.46. The standard InChI is InChI=1S/C13H19NO2/c1-10-7-14(8-11(2)16-10)9-12-4-3-5-13(15)6-12/h3-6,10-11,15H,7-9H2,1-2H3/t10-,11+. The molecule has 1 heterocycles. The van der Waals surface area contributed by atoms with Crippen LogP contribution in [0.4, 0.5) is 0 Å². The predicted molar refractivity (Wildman–Crippen MR) is 63.4 cm³/mol. The second-order valence-electron chi connectivity index (χ2n) is 4.62. The molecule has 1 aliphatic heterocycles.